The second-order valence-electron chi connectivity index (χ2n) is 6.37. The number of hydrogen-bond acceptors (Lipinski definition) is 5. The van der Waals surface area contributed by atoms with E-state index >= 15 is 0 Å². The highest BCUT2D eigenvalue weighted by Crippen LogP contribution is 2.22. The monoisotopic (exact) mass is 401 g/mol. The molecule has 1 aliphatic rings. The van der Waals surface area contributed by atoms with Crippen molar-refractivity contribution in [3.05, 3.63) is 60.0 Å². The van der Waals surface area contributed by atoms with Crippen LogP contribution in [0.4, 0.5) is 5.69 Å². The van der Waals surface area contributed by atoms with Crippen LogP contribution in [0.5, 0.6) is 0 Å². The highest BCUT2D eigenvalue weighted by molar-refractivity contribution is 6.31. The fourth-order valence-electron chi connectivity index (χ4n) is 2.65. The van der Waals surface area contributed by atoms with Crippen molar-refractivity contribution < 1.29 is 14.1 Å². The number of ketones is 1. The summed E-state index contributed by atoms with van der Waals surface area (Å²) in [7, 11) is 0. The second-order valence-corrected chi connectivity index (χ2v) is 6.80. The third kappa shape index (κ3) is 6.78. The molecule has 1 aromatic heterocycles. The third-order valence-electron chi connectivity index (χ3n) is 3.99. The number of aromatic nitrogens is 1. The maximum Gasteiger partial charge on any atom is 0.274 e. The van der Waals surface area contributed by atoms with Gasteiger partial charge in [-0.15, -0.1) is 6.58 Å². The van der Waals surface area contributed by atoms with Crippen LogP contribution in [-0.2, 0) is 9.59 Å². The quantitative estimate of drug-likeness (QED) is 0.426. The van der Waals surface area contributed by atoms with Crippen molar-refractivity contribution in [2.24, 2.45) is 5.10 Å². The molecule has 0 aromatic carbocycles. The van der Waals surface area contributed by atoms with E-state index in [1.54, 1.807) is 6.08 Å². The van der Waals surface area contributed by atoms with Crippen molar-refractivity contribution in [2.75, 3.05) is 5.01 Å². The number of nitrogens with zero attached hydrogens (tertiary/aromatic N) is 3. The molecule has 0 unspecified atom stereocenters. The van der Waals surface area contributed by atoms with E-state index in [0.29, 0.717) is 35.6 Å². The van der Waals surface area contributed by atoms with Crippen molar-refractivity contribution in [1.82, 2.24) is 5.16 Å². The van der Waals surface area contributed by atoms with Gasteiger partial charge in [-0.05, 0) is 45.1 Å². The standard InChI is InChI=1S/C21H24ClN3O3/c1-3-4-9-18(22)10-5-6-11-19-12-7-8-17(13-16(2)26)21(27)25(24-19)20-14-23-28-15-20/h3,5,8-10,14-15H,1,4,6-7,11-13H2,2H3/b10-5-,17-8?,18-9+,24-19-. The van der Waals surface area contributed by atoms with Gasteiger partial charge < -0.3 is 4.52 Å². The predicted molar refractivity (Wildman–Crippen MR) is 111 cm³/mol. The fraction of sp³-hybridized carbons (Fsp3) is 0.333. The first kappa shape index (κ1) is 21.6. The minimum atomic E-state index is -0.332. The summed E-state index contributed by atoms with van der Waals surface area (Å²) in [6.07, 6.45) is 15.7. The fourth-order valence-corrected chi connectivity index (χ4v) is 2.83. The molecule has 7 heteroatoms. The van der Waals surface area contributed by atoms with E-state index in [2.05, 4.69) is 16.8 Å². The summed E-state index contributed by atoms with van der Waals surface area (Å²) in [5.74, 6) is -0.400. The van der Waals surface area contributed by atoms with Gasteiger partial charge in [0.05, 0.1) is 6.20 Å². The molecule has 0 fully saturated rings. The summed E-state index contributed by atoms with van der Waals surface area (Å²) in [6, 6.07) is 0. The SMILES string of the molecule is C=CC/C=C(Cl)\C=C/CC/C1=N/N(c2cnoc2)C(=O)C(CC(C)=O)=CCC1. The van der Waals surface area contributed by atoms with E-state index in [4.69, 9.17) is 16.1 Å². The molecule has 6 nitrogen and oxygen atoms in total. The van der Waals surface area contributed by atoms with Crippen LogP contribution in [0.15, 0.2) is 69.6 Å². The highest BCUT2D eigenvalue weighted by atomic mass is 35.5. The number of halogens is 1. The van der Waals surface area contributed by atoms with Crippen LogP contribution in [0.2, 0.25) is 0 Å². The lowest BCUT2D eigenvalue weighted by Gasteiger charge is -2.20. The van der Waals surface area contributed by atoms with Crippen LogP contribution in [0.1, 0.15) is 45.4 Å². The van der Waals surface area contributed by atoms with Gasteiger partial charge in [-0.2, -0.15) is 10.1 Å². The largest absolute Gasteiger partial charge is 0.362 e. The molecule has 0 aliphatic carbocycles. The number of carbonyl (C=O) groups excluding carboxylic acids is 2. The topological polar surface area (TPSA) is 75.8 Å². The molecular formula is C21H24ClN3O3. The van der Waals surface area contributed by atoms with E-state index < -0.39 is 0 Å². The molecule has 0 atom stereocenters. The zero-order valence-corrected chi connectivity index (χ0v) is 16.7. The molecule has 0 radical (unpaired) electrons. The van der Waals surface area contributed by atoms with Gasteiger partial charge in [-0.1, -0.05) is 41.1 Å². The normalized spacial score (nSPS) is 17.7. The Balaban J connectivity index is 2.13. The molecule has 1 amide bonds. The van der Waals surface area contributed by atoms with Crippen LogP contribution in [0.3, 0.4) is 0 Å². The number of amides is 1. The first-order valence-electron chi connectivity index (χ1n) is 9.13. The van der Waals surface area contributed by atoms with Gasteiger partial charge in [0.2, 0.25) is 0 Å². The van der Waals surface area contributed by atoms with Crippen molar-refractivity contribution >= 4 is 34.7 Å². The molecule has 2 heterocycles. The molecule has 0 N–H and O–H groups in total. The summed E-state index contributed by atoms with van der Waals surface area (Å²) < 4.78 is 4.86. The predicted octanol–water partition coefficient (Wildman–Crippen LogP) is 5.10. The Hall–Kier alpha value is -2.73. The van der Waals surface area contributed by atoms with E-state index in [9.17, 15) is 9.59 Å². The molecular weight excluding hydrogens is 378 g/mol. The van der Waals surface area contributed by atoms with Gasteiger partial charge in [0.15, 0.2) is 0 Å². The lowest BCUT2D eigenvalue weighted by molar-refractivity contribution is -0.119. The first-order valence-corrected chi connectivity index (χ1v) is 9.50. The Labute approximate surface area is 169 Å². The molecule has 148 valence electrons. The zero-order valence-electron chi connectivity index (χ0n) is 15.9. The second kappa shape index (κ2) is 11.2. The van der Waals surface area contributed by atoms with Gasteiger partial charge in [0, 0.05) is 22.7 Å². The van der Waals surface area contributed by atoms with Gasteiger partial charge in [-0.25, -0.2) is 0 Å². The molecule has 1 aliphatic heterocycles. The van der Waals surface area contributed by atoms with Gasteiger partial charge in [0.25, 0.3) is 5.91 Å². The molecule has 0 bridgehead atoms. The van der Waals surface area contributed by atoms with Crippen LogP contribution >= 0.6 is 11.6 Å². The van der Waals surface area contributed by atoms with Crippen molar-refractivity contribution in [3.8, 4) is 0 Å². The summed E-state index contributed by atoms with van der Waals surface area (Å²) in [5, 5.41) is 10.1. The van der Waals surface area contributed by atoms with Crippen LogP contribution in [-0.4, -0.2) is 22.6 Å². The van der Waals surface area contributed by atoms with Crippen molar-refractivity contribution in [3.63, 3.8) is 0 Å². The average Bonchev–Trinajstić information content (AvgIpc) is 3.18. The number of hydrazone groups is 1. The number of carbonyl (C=O) groups is 2. The third-order valence-corrected chi connectivity index (χ3v) is 4.27. The average molecular weight is 402 g/mol. The van der Waals surface area contributed by atoms with Crippen LogP contribution in [0.25, 0.3) is 0 Å². The molecule has 2 rings (SSSR count). The summed E-state index contributed by atoms with van der Waals surface area (Å²) in [5.41, 5.74) is 1.75. The number of anilines is 1. The number of hydrogen-bond donors (Lipinski definition) is 0. The van der Waals surface area contributed by atoms with Gasteiger partial charge in [0.1, 0.15) is 17.7 Å². The Kier molecular flexibility index (Phi) is 8.62. The zero-order chi connectivity index (χ0) is 20.4. The summed E-state index contributed by atoms with van der Waals surface area (Å²) >= 11 is 6.09. The van der Waals surface area contributed by atoms with E-state index in [0.717, 1.165) is 18.6 Å². The van der Waals surface area contributed by atoms with Gasteiger partial charge >= 0.3 is 0 Å². The molecule has 0 spiro atoms. The number of rotatable bonds is 9. The lowest BCUT2D eigenvalue weighted by atomic mass is 10.0. The Morgan fingerprint density at radius 2 is 2.29 bits per heavy atom. The molecule has 0 saturated carbocycles. The summed E-state index contributed by atoms with van der Waals surface area (Å²) in [6.45, 7) is 5.12. The molecule has 28 heavy (non-hydrogen) atoms. The van der Waals surface area contributed by atoms with Crippen LogP contribution < -0.4 is 5.01 Å². The minimum absolute atomic E-state index is 0.0684. The lowest BCUT2D eigenvalue weighted by Crippen LogP contribution is -2.30. The molecule has 0 saturated heterocycles. The first-order chi connectivity index (χ1) is 13.5. The van der Waals surface area contributed by atoms with Gasteiger partial charge in [-0.3, -0.25) is 9.59 Å². The van der Waals surface area contributed by atoms with Crippen LogP contribution in [0, 0.1) is 0 Å². The van der Waals surface area contributed by atoms with Crippen molar-refractivity contribution in [2.45, 2.75) is 45.4 Å². The number of allylic oxidation sites excluding steroid dienone is 6. The maximum atomic E-state index is 12.9. The smallest absolute Gasteiger partial charge is 0.274 e. The van der Waals surface area contributed by atoms with E-state index in [1.807, 2.05) is 24.3 Å². The van der Waals surface area contributed by atoms with E-state index in [1.165, 1.54) is 24.4 Å². The summed E-state index contributed by atoms with van der Waals surface area (Å²) in [4.78, 5) is 24.4. The Bertz CT molecular complexity index is 820. The minimum Gasteiger partial charge on any atom is -0.362 e. The Morgan fingerprint density at radius 1 is 1.46 bits per heavy atom. The Morgan fingerprint density at radius 3 is 2.96 bits per heavy atom. The number of Topliss-reactive ketones (excluding diaryl/α,β-unsaturated/α-hetero) is 1. The highest BCUT2D eigenvalue weighted by Gasteiger charge is 2.24. The van der Waals surface area contributed by atoms with Crippen molar-refractivity contribution in [1.29, 1.82) is 0 Å². The van der Waals surface area contributed by atoms with E-state index in [-0.39, 0.29) is 18.1 Å². The molecule has 1 aromatic rings. The maximum absolute atomic E-state index is 12.9.